The van der Waals surface area contributed by atoms with E-state index in [0.717, 1.165) is 12.8 Å². The molecule has 5 atom stereocenters. The van der Waals surface area contributed by atoms with Gasteiger partial charge in [0.15, 0.2) is 0 Å². The minimum atomic E-state index is -0.515. The number of ether oxygens (including phenoxy) is 4. The summed E-state index contributed by atoms with van der Waals surface area (Å²) in [6.45, 7) is 2.77. The lowest BCUT2D eigenvalue weighted by Crippen LogP contribution is -2.50. The van der Waals surface area contributed by atoms with Gasteiger partial charge in [0.1, 0.15) is 11.9 Å². The minimum absolute atomic E-state index is 0.0443. The second kappa shape index (κ2) is 11.6. The molecule has 2 aliphatic rings. The number of likely N-dealkylation sites (N-methyl/N-ethyl adjacent to an activating group) is 2. The fourth-order valence-electron chi connectivity index (χ4n) is 4.64. The number of nitriles is 1. The molecule has 1 aromatic carbocycles. The van der Waals surface area contributed by atoms with Crippen LogP contribution in [0.25, 0.3) is 0 Å². The Morgan fingerprint density at radius 3 is 2.44 bits per heavy atom. The zero-order chi connectivity index (χ0) is 24.8. The van der Waals surface area contributed by atoms with E-state index in [1.54, 1.807) is 45.2 Å². The van der Waals surface area contributed by atoms with Gasteiger partial charge in [0.2, 0.25) is 5.91 Å². The number of hydrogen-bond donors (Lipinski definition) is 0. The lowest BCUT2D eigenvalue weighted by atomic mass is 9.97. The van der Waals surface area contributed by atoms with Crippen molar-refractivity contribution in [2.24, 2.45) is 5.92 Å². The Bertz CT molecular complexity index is 916. The van der Waals surface area contributed by atoms with Gasteiger partial charge in [0.05, 0.1) is 48.0 Å². The van der Waals surface area contributed by atoms with Crippen molar-refractivity contribution in [3.05, 3.63) is 29.3 Å². The fourth-order valence-corrected chi connectivity index (χ4v) is 4.64. The maximum Gasteiger partial charge on any atom is 0.257 e. The van der Waals surface area contributed by atoms with E-state index >= 15 is 0 Å². The quantitative estimate of drug-likeness (QED) is 0.648. The van der Waals surface area contributed by atoms with Gasteiger partial charge in [-0.15, -0.1) is 0 Å². The molecule has 1 aromatic rings. The Labute approximate surface area is 201 Å². The Morgan fingerprint density at radius 1 is 1.03 bits per heavy atom. The standard InChI is InChI=1S/C25H35N3O6/c1-16-22(32-5)14-28(3)25(30)19-12-17(13-26)6-8-20(19)33-11-10-18-7-9-21(31-4)23(34-18)15-27(2)24(16)29/h6,8,12,16,18,21-23H,7,9-11,14-15H2,1-5H3/t16-,18+,21+,22-,23+/m1/s1. The van der Waals surface area contributed by atoms with Gasteiger partial charge in [-0.3, -0.25) is 9.59 Å². The van der Waals surface area contributed by atoms with Crippen molar-refractivity contribution in [3.63, 3.8) is 0 Å². The molecule has 0 radical (unpaired) electrons. The SMILES string of the molecule is CO[C@H]1CC[C@H]2CCOc3ccc(C#N)cc3C(=O)N(C)C[C@@H](OC)[C@@H](C)C(=O)N(C)C[C@@H]1O2. The summed E-state index contributed by atoms with van der Waals surface area (Å²) in [5.74, 6) is -0.454. The molecule has 0 saturated carbocycles. The second-order valence-electron chi connectivity index (χ2n) is 9.08. The number of amides is 2. The summed E-state index contributed by atoms with van der Waals surface area (Å²) in [5.41, 5.74) is 0.678. The van der Waals surface area contributed by atoms with Gasteiger partial charge >= 0.3 is 0 Å². The summed E-state index contributed by atoms with van der Waals surface area (Å²) in [4.78, 5) is 29.7. The maximum atomic E-state index is 13.3. The third-order valence-electron chi connectivity index (χ3n) is 6.77. The summed E-state index contributed by atoms with van der Waals surface area (Å²) >= 11 is 0. The lowest BCUT2D eigenvalue weighted by molar-refractivity contribution is -0.154. The van der Waals surface area contributed by atoms with Gasteiger partial charge in [-0.1, -0.05) is 6.92 Å². The molecule has 0 aromatic heterocycles. The number of nitrogens with zero attached hydrogens (tertiary/aromatic N) is 3. The highest BCUT2D eigenvalue weighted by Crippen LogP contribution is 2.27. The van der Waals surface area contributed by atoms with Crippen LogP contribution in [0, 0.1) is 17.2 Å². The van der Waals surface area contributed by atoms with Crippen molar-refractivity contribution in [1.82, 2.24) is 9.80 Å². The monoisotopic (exact) mass is 473 g/mol. The van der Waals surface area contributed by atoms with Crippen LogP contribution in [0.5, 0.6) is 5.75 Å². The van der Waals surface area contributed by atoms with Gasteiger partial charge in [-0.25, -0.2) is 0 Å². The van der Waals surface area contributed by atoms with E-state index in [-0.39, 0.29) is 36.7 Å². The number of hydrogen-bond acceptors (Lipinski definition) is 7. The van der Waals surface area contributed by atoms with Crippen LogP contribution in [0.15, 0.2) is 18.2 Å². The molecule has 0 spiro atoms. The first-order valence-electron chi connectivity index (χ1n) is 11.7. The predicted molar refractivity (Wildman–Crippen MR) is 125 cm³/mol. The van der Waals surface area contributed by atoms with Crippen LogP contribution in [-0.4, -0.2) is 94.0 Å². The number of benzene rings is 1. The van der Waals surface area contributed by atoms with Crippen LogP contribution in [0.3, 0.4) is 0 Å². The average molecular weight is 474 g/mol. The molecule has 0 unspecified atom stereocenters. The smallest absolute Gasteiger partial charge is 0.257 e. The van der Waals surface area contributed by atoms with E-state index in [4.69, 9.17) is 18.9 Å². The highest BCUT2D eigenvalue weighted by Gasteiger charge is 2.35. The maximum absolute atomic E-state index is 13.3. The third-order valence-corrected chi connectivity index (χ3v) is 6.77. The fraction of sp³-hybridized carbons (Fsp3) is 0.640. The lowest BCUT2D eigenvalue weighted by Gasteiger charge is -2.38. The minimum Gasteiger partial charge on any atom is -0.493 e. The van der Waals surface area contributed by atoms with E-state index in [9.17, 15) is 14.9 Å². The van der Waals surface area contributed by atoms with Crippen molar-refractivity contribution in [1.29, 1.82) is 5.26 Å². The molecule has 2 heterocycles. The zero-order valence-corrected chi connectivity index (χ0v) is 20.7. The Kier molecular flexibility index (Phi) is 8.89. The molecule has 0 N–H and O–H groups in total. The first-order valence-corrected chi connectivity index (χ1v) is 11.7. The zero-order valence-electron chi connectivity index (χ0n) is 20.7. The molecule has 2 aliphatic heterocycles. The molecule has 186 valence electrons. The highest BCUT2D eigenvalue weighted by molar-refractivity contribution is 5.97. The number of methoxy groups -OCH3 is 2. The first kappa shape index (κ1) is 25.9. The van der Waals surface area contributed by atoms with Crippen molar-refractivity contribution in [2.75, 3.05) is 48.0 Å². The second-order valence-corrected chi connectivity index (χ2v) is 9.08. The summed E-state index contributed by atoms with van der Waals surface area (Å²) in [6, 6.07) is 6.90. The van der Waals surface area contributed by atoms with Crippen molar-refractivity contribution in [2.45, 2.75) is 50.6 Å². The van der Waals surface area contributed by atoms with Crippen molar-refractivity contribution < 1.29 is 28.5 Å². The third kappa shape index (κ3) is 5.87. The molecule has 9 heteroatoms. The summed E-state index contributed by atoms with van der Waals surface area (Å²) in [6.07, 6.45) is 1.39. The molecule has 1 saturated heterocycles. The molecule has 2 amide bonds. The average Bonchev–Trinajstić information content (AvgIpc) is 2.85. The van der Waals surface area contributed by atoms with Crippen LogP contribution in [0.4, 0.5) is 0 Å². The molecule has 2 bridgehead atoms. The van der Waals surface area contributed by atoms with Crippen molar-refractivity contribution in [3.8, 4) is 11.8 Å². The number of rotatable bonds is 2. The Morgan fingerprint density at radius 2 is 1.76 bits per heavy atom. The predicted octanol–water partition coefficient (Wildman–Crippen LogP) is 2.08. The molecule has 9 nitrogen and oxygen atoms in total. The summed E-state index contributed by atoms with van der Waals surface area (Å²) < 4.78 is 23.6. The molecule has 3 rings (SSSR count). The van der Waals surface area contributed by atoms with Gasteiger partial charge in [-0.05, 0) is 31.0 Å². The van der Waals surface area contributed by atoms with Crippen LogP contribution in [0.1, 0.15) is 42.1 Å². The summed E-state index contributed by atoms with van der Waals surface area (Å²) in [5, 5.41) is 9.33. The highest BCUT2D eigenvalue weighted by atomic mass is 16.5. The normalized spacial score (nSPS) is 29.2. The summed E-state index contributed by atoms with van der Waals surface area (Å²) in [7, 11) is 6.61. The number of carbonyl (C=O) groups is 2. The van der Waals surface area contributed by atoms with Gasteiger partial charge in [-0.2, -0.15) is 5.26 Å². The van der Waals surface area contributed by atoms with E-state index in [0.29, 0.717) is 36.4 Å². The van der Waals surface area contributed by atoms with E-state index in [1.807, 2.05) is 0 Å². The van der Waals surface area contributed by atoms with E-state index in [1.165, 1.54) is 18.1 Å². The number of fused-ring (bicyclic) bond motifs is 3. The van der Waals surface area contributed by atoms with Crippen LogP contribution < -0.4 is 4.74 Å². The van der Waals surface area contributed by atoms with E-state index < -0.39 is 12.0 Å². The van der Waals surface area contributed by atoms with E-state index in [2.05, 4.69) is 6.07 Å². The molecular formula is C25H35N3O6. The van der Waals surface area contributed by atoms with Crippen LogP contribution in [-0.2, 0) is 19.0 Å². The van der Waals surface area contributed by atoms with Gasteiger partial charge in [0.25, 0.3) is 5.91 Å². The topological polar surface area (TPSA) is 101 Å². The van der Waals surface area contributed by atoms with Crippen LogP contribution >= 0.6 is 0 Å². The van der Waals surface area contributed by atoms with Gasteiger partial charge in [0, 0.05) is 47.8 Å². The molecule has 1 fully saturated rings. The number of carbonyl (C=O) groups excluding carboxylic acids is 2. The Balaban J connectivity index is 1.93. The largest absolute Gasteiger partial charge is 0.493 e. The van der Waals surface area contributed by atoms with Gasteiger partial charge < -0.3 is 28.7 Å². The Hall–Kier alpha value is -2.67. The van der Waals surface area contributed by atoms with Crippen LogP contribution in [0.2, 0.25) is 0 Å². The molecule has 34 heavy (non-hydrogen) atoms. The molecule has 0 aliphatic carbocycles. The molecular weight excluding hydrogens is 438 g/mol. The first-order chi connectivity index (χ1) is 16.3. The van der Waals surface area contributed by atoms with Crippen molar-refractivity contribution >= 4 is 11.8 Å².